The number of ketones is 1. The van der Waals surface area contributed by atoms with Gasteiger partial charge in [0.25, 0.3) is 5.91 Å². The van der Waals surface area contributed by atoms with Crippen LogP contribution in [0.15, 0.2) is 47.0 Å². The first kappa shape index (κ1) is 20.4. The van der Waals surface area contributed by atoms with E-state index in [2.05, 4.69) is 4.98 Å². The maximum Gasteiger partial charge on any atom is 0.290 e. The highest BCUT2D eigenvalue weighted by atomic mass is 32.1. The molecule has 1 aliphatic heterocycles. The van der Waals surface area contributed by atoms with E-state index in [4.69, 9.17) is 0 Å². The summed E-state index contributed by atoms with van der Waals surface area (Å²) in [4.78, 5) is 33.5. The highest BCUT2D eigenvalue weighted by Gasteiger charge is 2.45. The van der Waals surface area contributed by atoms with Crippen LogP contribution in [-0.4, -0.2) is 26.7 Å². The first-order chi connectivity index (χ1) is 14.3. The quantitative estimate of drug-likeness (QED) is 0.562. The lowest BCUT2D eigenvalue weighted by Crippen LogP contribution is -2.30. The molecule has 4 rings (SSSR count). The molecular weight excluding hydrogens is 423 g/mol. The third-order valence-corrected chi connectivity index (χ3v) is 7.22. The standard InChI is InChI=1S/C22H19FN2O3S2/c1-11-8-9-29-20(11)17-16(18(26)21-12(2)24-13(3)30-21)19(27)22(28)25(17)10-14-4-6-15(23)7-5-14/h4-9,17,27H,10H2,1-3H3. The SMILES string of the molecule is Cc1nc(C)c(C(=O)C2=C(O)C(=O)N(Cc3ccc(F)cc3)C2c2sccc2C)s1. The number of aromatic nitrogens is 1. The molecule has 0 radical (unpaired) electrons. The number of carbonyl (C=O) groups is 2. The Labute approximate surface area is 181 Å². The number of thiazole rings is 1. The topological polar surface area (TPSA) is 70.5 Å². The van der Waals surface area contributed by atoms with Crippen molar-refractivity contribution in [2.45, 2.75) is 33.4 Å². The van der Waals surface area contributed by atoms with Crippen molar-refractivity contribution in [2.24, 2.45) is 0 Å². The molecule has 0 fully saturated rings. The molecule has 0 bridgehead atoms. The van der Waals surface area contributed by atoms with Crippen LogP contribution in [-0.2, 0) is 11.3 Å². The van der Waals surface area contributed by atoms with E-state index in [1.807, 2.05) is 25.3 Å². The van der Waals surface area contributed by atoms with Gasteiger partial charge < -0.3 is 10.0 Å². The monoisotopic (exact) mass is 442 g/mol. The Balaban J connectivity index is 1.80. The van der Waals surface area contributed by atoms with Gasteiger partial charge in [0.2, 0.25) is 5.78 Å². The average Bonchev–Trinajstić information content (AvgIpc) is 3.34. The number of rotatable bonds is 5. The van der Waals surface area contributed by atoms with E-state index < -0.39 is 17.7 Å². The van der Waals surface area contributed by atoms with Crippen LogP contribution >= 0.6 is 22.7 Å². The first-order valence-corrected chi connectivity index (χ1v) is 11.0. The second kappa shape index (κ2) is 7.77. The summed E-state index contributed by atoms with van der Waals surface area (Å²) in [5.41, 5.74) is 2.28. The lowest BCUT2D eigenvalue weighted by molar-refractivity contribution is -0.130. The van der Waals surface area contributed by atoms with Crippen LogP contribution in [0.4, 0.5) is 4.39 Å². The Morgan fingerprint density at radius 1 is 1.20 bits per heavy atom. The summed E-state index contributed by atoms with van der Waals surface area (Å²) in [6.45, 7) is 5.60. The number of aliphatic hydroxyl groups excluding tert-OH is 1. The Morgan fingerprint density at radius 3 is 2.47 bits per heavy atom. The van der Waals surface area contributed by atoms with Crippen molar-refractivity contribution in [1.29, 1.82) is 0 Å². The van der Waals surface area contributed by atoms with Crippen LogP contribution in [0.1, 0.15) is 42.4 Å². The lowest BCUT2D eigenvalue weighted by Gasteiger charge is -2.26. The van der Waals surface area contributed by atoms with Gasteiger partial charge in [0, 0.05) is 11.4 Å². The second-order valence-corrected chi connectivity index (χ2v) is 9.32. The van der Waals surface area contributed by atoms with Crippen molar-refractivity contribution in [3.8, 4) is 0 Å². The second-order valence-electron chi connectivity index (χ2n) is 7.17. The van der Waals surface area contributed by atoms with Crippen LogP contribution in [0.5, 0.6) is 0 Å². The normalized spacial score (nSPS) is 16.6. The predicted molar refractivity (Wildman–Crippen MR) is 114 cm³/mol. The number of halogens is 1. The summed E-state index contributed by atoms with van der Waals surface area (Å²) < 4.78 is 13.3. The molecule has 1 aromatic carbocycles. The number of hydrogen-bond donors (Lipinski definition) is 1. The summed E-state index contributed by atoms with van der Waals surface area (Å²) in [6, 6.07) is 7.04. The minimum atomic E-state index is -0.711. The van der Waals surface area contributed by atoms with Crippen molar-refractivity contribution in [3.05, 3.63) is 84.4 Å². The van der Waals surface area contributed by atoms with Gasteiger partial charge in [-0.1, -0.05) is 12.1 Å². The zero-order valence-corrected chi connectivity index (χ0v) is 18.2. The molecule has 3 heterocycles. The van der Waals surface area contributed by atoms with E-state index in [-0.39, 0.29) is 23.7 Å². The number of nitrogens with zero attached hydrogens (tertiary/aromatic N) is 2. The van der Waals surface area contributed by atoms with E-state index in [1.165, 1.54) is 39.7 Å². The van der Waals surface area contributed by atoms with Gasteiger partial charge in [0.1, 0.15) is 11.9 Å². The summed E-state index contributed by atoms with van der Waals surface area (Å²) in [6.07, 6.45) is 0. The Morgan fingerprint density at radius 2 is 1.90 bits per heavy atom. The first-order valence-electron chi connectivity index (χ1n) is 9.29. The van der Waals surface area contributed by atoms with Gasteiger partial charge in [-0.3, -0.25) is 9.59 Å². The highest BCUT2D eigenvalue weighted by Crippen LogP contribution is 2.43. The van der Waals surface area contributed by atoms with E-state index in [1.54, 1.807) is 19.1 Å². The molecule has 1 atom stereocenters. The molecule has 3 aromatic rings. The van der Waals surface area contributed by atoms with Gasteiger partial charge in [0.15, 0.2) is 5.76 Å². The van der Waals surface area contributed by atoms with Crippen molar-refractivity contribution in [3.63, 3.8) is 0 Å². The van der Waals surface area contributed by atoms with Crippen LogP contribution < -0.4 is 0 Å². The van der Waals surface area contributed by atoms with E-state index in [0.29, 0.717) is 16.1 Å². The molecule has 0 saturated carbocycles. The predicted octanol–water partition coefficient (Wildman–Crippen LogP) is 5.05. The zero-order chi connectivity index (χ0) is 21.6. The minimum absolute atomic E-state index is 0.0689. The molecule has 1 amide bonds. The third kappa shape index (κ3) is 3.46. The molecule has 2 aromatic heterocycles. The van der Waals surface area contributed by atoms with Crippen molar-refractivity contribution < 1.29 is 19.1 Å². The molecule has 1 unspecified atom stereocenters. The summed E-state index contributed by atoms with van der Waals surface area (Å²) in [5.74, 6) is -1.90. The number of benzene rings is 1. The van der Waals surface area contributed by atoms with Gasteiger partial charge in [-0.05, 0) is 55.5 Å². The molecule has 1 N–H and O–H groups in total. The summed E-state index contributed by atoms with van der Waals surface area (Å²) >= 11 is 2.68. The number of thiophene rings is 1. The Hall–Kier alpha value is -2.84. The number of aliphatic hydroxyl groups is 1. The van der Waals surface area contributed by atoms with Crippen molar-refractivity contribution in [1.82, 2.24) is 9.88 Å². The third-order valence-electron chi connectivity index (χ3n) is 5.07. The number of amides is 1. The van der Waals surface area contributed by atoms with Gasteiger partial charge in [-0.15, -0.1) is 22.7 Å². The van der Waals surface area contributed by atoms with Crippen LogP contribution in [0, 0.1) is 26.6 Å². The molecular formula is C22H19FN2O3S2. The van der Waals surface area contributed by atoms with E-state index >= 15 is 0 Å². The van der Waals surface area contributed by atoms with Gasteiger partial charge in [0.05, 0.1) is 21.2 Å². The van der Waals surface area contributed by atoms with Crippen molar-refractivity contribution >= 4 is 34.4 Å². The maximum atomic E-state index is 13.4. The lowest BCUT2D eigenvalue weighted by atomic mass is 9.98. The highest BCUT2D eigenvalue weighted by molar-refractivity contribution is 7.14. The van der Waals surface area contributed by atoms with Gasteiger partial charge in [-0.25, -0.2) is 9.37 Å². The number of hydrogen-bond acceptors (Lipinski definition) is 6. The van der Waals surface area contributed by atoms with Crippen molar-refractivity contribution in [2.75, 3.05) is 0 Å². The summed E-state index contributed by atoms with van der Waals surface area (Å²) in [7, 11) is 0. The number of aryl methyl sites for hydroxylation is 3. The molecule has 5 nitrogen and oxygen atoms in total. The minimum Gasteiger partial charge on any atom is -0.503 e. The molecule has 0 saturated heterocycles. The average molecular weight is 443 g/mol. The molecule has 30 heavy (non-hydrogen) atoms. The van der Waals surface area contributed by atoms with Gasteiger partial charge in [-0.2, -0.15) is 0 Å². The summed E-state index contributed by atoms with van der Waals surface area (Å²) in [5, 5.41) is 13.4. The van der Waals surface area contributed by atoms with Crippen LogP contribution in [0.3, 0.4) is 0 Å². The Kier molecular flexibility index (Phi) is 5.29. The fourth-order valence-corrected chi connectivity index (χ4v) is 5.56. The molecule has 8 heteroatoms. The smallest absolute Gasteiger partial charge is 0.290 e. The fourth-order valence-electron chi connectivity index (χ4n) is 3.64. The number of carbonyl (C=O) groups excluding carboxylic acids is 2. The maximum absolute atomic E-state index is 13.4. The number of Topliss-reactive ketones (excluding diaryl/α,β-unsaturated/α-hetero) is 1. The molecule has 1 aliphatic rings. The van der Waals surface area contributed by atoms with E-state index in [0.717, 1.165) is 15.4 Å². The largest absolute Gasteiger partial charge is 0.503 e. The van der Waals surface area contributed by atoms with E-state index in [9.17, 15) is 19.1 Å². The Bertz CT molecular complexity index is 1180. The van der Waals surface area contributed by atoms with Gasteiger partial charge >= 0.3 is 0 Å². The zero-order valence-electron chi connectivity index (χ0n) is 16.6. The van der Waals surface area contributed by atoms with Crippen LogP contribution in [0.2, 0.25) is 0 Å². The molecule has 0 aliphatic carbocycles. The molecule has 0 spiro atoms. The molecule has 154 valence electrons. The van der Waals surface area contributed by atoms with Crippen LogP contribution in [0.25, 0.3) is 0 Å². The fraction of sp³-hybridized carbons (Fsp3) is 0.227.